The quantitative estimate of drug-likeness (QED) is 0.740. The summed E-state index contributed by atoms with van der Waals surface area (Å²) >= 11 is 0. The van der Waals surface area contributed by atoms with Crippen molar-refractivity contribution in [2.45, 2.75) is 72.1 Å². The van der Waals surface area contributed by atoms with Crippen LogP contribution in [0.4, 0.5) is 0 Å². The van der Waals surface area contributed by atoms with E-state index in [0.29, 0.717) is 12.0 Å². The number of aliphatic hydroxyl groups excluding tert-OH is 1. The number of amides is 1. The first-order valence-corrected chi connectivity index (χ1v) is 9.40. The lowest BCUT2D eigenvalue weighted by Gasteiger charge is -2.32. The lowest BCUT2D eigenvalue weighted by atomic mass is 9.92. The molecule has 0 saturated heterocycles. The maximum atomic E-state index is 13.5. The highest BCUT2D eigenvalue weighted by molar-refractivity contribution is 6.08. The van der Waals surface area contributed by atoms with Crippen molar-refractivity contribution < 1.29 is 9.90 Å². The van der Waals surface area contributed by atoms with Crippen LogP contribution in [0.5, 0.6) is 0 Å². The first kappa shape index (κ1) is 19.5. The zero-order chi connectivity index (χ0) is 18.6. The van der Waals surface area contributed by atoms with Gasteiger partial charge in [-0.05, 0) is 50.5 Å². The molecule has 0 aliphatic heterocycles. The zero-order valence-corrected chi connectivity index (χ0v) is 16.1. The van der Waals surface area contributed by atoms with Crippen LogP contribution in [0.25, 0.3) is 10.8 Å². The largest absolute Gasteiger partial charge is 0.388 e. The molecule has 0 aromatic heterocycles. The molecule has 136 valence electrons. The van der Waals surface area contributed by atoms with Crippen LogP contribution in [0.3, 0.4) is 0 Å². The Kier molecular flexibility index (Phi) is 6.60. The Morgan fingerprint density at radius 3 is 2.28 bits per heavy atom. The number of fused-ring (bicyclic) bond motifs is 1. The minimum absolute atomic E-state index is 0.00680. The number of hydrogen-bond donors (Lipinski definition) is 1. The molecule has 0 fully saturated rings. The predicted molar refractivity (Wildman–Crippen MR) is 105 cm³/mol. The highest BCUT2D eigenvalue weighted by Gasteiger charge is 2.27. The third-order valence-electron chi connectivity index (χ3n) is 4.71. The predicted octanol–water partition coefficient (Wildman–Crippen LogP) is 5.32. The molecule has 1 amide bonds. The minimum Gasteiger partial charge on any atom is -0.388 e. The van der Waals surface area contributed by atoms with Crippen molar-refractivity contribution in [2.24, 2.45) is 0 Å². The van der Waals surface area contributed by atoms with Gasteiger partial charge in [-0.2, -0.15) is 0 Å². The maximum Gasteiger partial charge on any atom is 0.255 e. The molecule has 0 bridgehead atoms. The van der Waals surface area contributed by atoms with Gasteiger partial charge in [-0.25, -0.2) is 0 Å². The van der Waals surface area contributed by atoms with Crippen LogP contribution in [0.1, 0.15) is 75.9 Å². The van der Waals surface area contributed by atoms with Crippen LogP contribution >= 0.6 is 0 Å². The number of hydrogen-bond acceptors (Lipinski definition) is 2. The first-order chi connectivity index (χ1) is 11.9. The molecule has 3 heteroatoms. The zero-order valence-electron chi connectivity index (χ0n) is 16.1. The number of aliphatic hydroxyl groups is 1. The van der Waals surface area contributed by atoms with E-state index in [9.17, 15) is 9.90 Å². The van der Waals surface area contributed by atoms with Gasteiger partial charge in [0.1, 0.15) is 0 Å². The van der Waals surface area contributed by atoms with Crippen LogP contribution in [0, 0.1) is 0 Å². The van der Waals surface area contributed by atoms with Gasteiger partial charge in [0.15, 0.2) is 0 Å². The molecule has 0 aliphatic rings. The molecule has 1 atom stereocenters. The molecular weight excluding hydrogens is 310 g/mol. The topological polar surface area (TPSA) is 40.5 Å². The van der Waals surface area contributed by atoms with E-state index in [1.165, 1.54) is 0 Å². The van der Waals surface area contributed by atoms with Gasteiger partial charge in [0.25, 0.3) is 5.91 Å². The van der Waals surface area contributed by atoms with Gasteiger partial charge in [-0.3, -0.25) is 4.79 Å². The number of unbranched alkanes of at least 4 members (excludes halogenated alkanes) is 1. The molecule has 0 unspecified atom stereocenters. The number of carbonyl (C=O) groups excluding carboxylic acids is 1. The molecule has 25 heavy (non-hydrogen) atoms. The Morgan fingerprint density at radius 1 is 1.04 bits per heavy atom. The molecule has 0 heterocycles. The van der Waals surface area contributed by atoms with Gasteiger partial charge in [0, 0.05) is 12.1 Å². The number of carbonyl (C=O) groups is 1. The van der Waals surface area contributed by atoms with E-state index in [-0.39, 0.29) is 18.0 Å². The lowest BCUT2D eigenvalue weighted by molar-refractivity contribution is 0.0638. The van der Waals surface area contributed by atoms with Crippen LogP contribution < -0.4 is 0 Å². The highest BCUT2D eigenvalue weighted by atomic mass is 16.3. The summed E-state index contributed by atoms with van der Waals surface area (Å²) in [5, 5.41) is 12.7. The second-order valence-corrected chi connectivity index (χ2v) is 7.31. The summed E-state index contributed by atoms with van der Waals surface area (Å²) in [7, 11) is 0. The average molecular weight is 341 g/mol. The van der Waals surface area contributed by atoms with E-state index in [0.717, 1.165) is 29.2 Å². The normalized spacial score (nSPS) is 12.8. The summed E-state index contributed by atoms with van der Waals surface area (Å²) < 4.78 is 0. The van der Waals surface area contributed by atoms with Crippen molar-refractivity contribution in [1.29, 1.82) is 0 Å². The number of nitrogens with zero attached hydrogens (tertiary/aromatic N) is 1. The van der Waals surface area contributed by atoms with Crippen molar-refractivity contribution in [2.75, 3.05) is 0 Å². The van der Waals surface area contributed by atoms with Crippen LogP contribution in [0.2, 0.25) is 0 Å². The molecule has 1 N–H and O–H groups in total. The van der Waals surface area contributed by atoms with Gasteiger partial charge >= 0.3 is 0 Å². The van der Waals surface area contributed by atoms with Gasteiger partial charge < -0.3 is 10.0 Å². The van der Waals surface area contributed by atoms with Crippen molar-refractivity contribution >= 4 is 16.7 Å². The molecule has 2 rings (SSSR count). The van der Waals surface area contributed by atoms with E-state index < -0.39 is 6.10 Å². The highest BCUT2D eigenvalue weighted by Crippen LogP contribution is 2.31. The monoisotopic (exact) mass is 341 g/mol. The van der Waals surface area contributed by atoms with Gasteiger partial charge in [0.05, 0.1) is 11.7 Å². The van der Waals surface area contributed by atoms with Crippen molar-refractivity contribution in [1.82, 2.24) is 4.90 Å². The fraction of sp³-hybridized carbons (Fsp3) is 0.500. The Labute approximate surface area is 151 Å². The summed E-state index contributed by atoms with van der Waals surface area (Å²) in [5.74, 6) is 0.00680. The Balaban J connectivity index is 2.62. The molecule has 2 aromatic rings. The first-order valence-electron chi connectivity index (χ1n) is 9.40. The summed E-state index contributed by atoms with van der Waals surface area (Å²) in [5.41, 5.74) is 1.41. The van der Waals surface area contributed by atoms with Gasteiger partial charge in [0.2, 0.25) is 0 Å². The smallest absolute Gasteiger partial charge is 0.255 e. The molecule has 0 spiro atoms. The summed E-state index contributed by atoms with van der Waals surface area (Å²) in [6, 6.07) is 12.1. The fourth-order valence-corrected chi connectivity index (χ4v) is 3.55. The molecule has 2 aromatic carbocycles. The van der Waals surface area contributed by atoms with Crippen LogP contribution in [0.15, 0.2) is 36.4 Å². The number of rotatable bonds is 7. The van der Waals surface area contributed by atoms with E-state index >= 15 is 0 Å². The third-order valence-corrected chi connectivity index (χ3v) is 4.71. The van der Waals surface area contributed by atoms with Crippen molar-refractivity contribution in [3.05, 3.63) is 47.5 Å². The number of benzene rings is 2. The Morgan fingerprint density at radius 2 is 1.68 bits per heavy atom. The summed E-state index contributed by atoms with van der Waals surface area (Å²) in [6.45, 7) is 10.3. The van der Waals surface area contributed by atoms with E-state index in [1.54, 1.807) is 0 Å². The molecule has 0 aliphatic carbocycles. The second kappa shape index (κ2) is 8.48. The SMILES string of the molecule is CCCC[C@H](O)c1ccc2ccccc2c1C(=O)N(C(C)C)C(C)C. The third kappa shape index (κ3) is 4.21. The molecule has 0 saturated carbocycles. The maximum absolute atomic E-state index is 13.5. The van der Waals surface area contributed by atoms with E-state index in [1.807, 2.05) is 69.0 Å². The lowest BCUT2D eigenvalue weighted by Crippen LogP contribution is -2.42. The van der Waals surface area contributed by atoms with Crippen molar-refractivity contribution in [3.8, 4) is 0 Å². The van der Waals surface area contributed by atoms with Crippen molar-refractivity contribution in [3.63, 3.8) is 0 Å². The Hall–Kier alpha value is -1.87. The summed E-state index contributed by atoms with van der Waals surface area (Å²) in [6.07, 6.45) is 2.04. The van der Waals surface area contributed by atoms with Gasteiger partial charge in [-0.15, -0.1) is 0 Å². The average Bonchev–Trinajstić information content (AvgIpc) is 2.57. The fourth-order valence-electron chi connectivity index (χ4n) is 3.55. The molecule has 0 radical (unpaired) electrons. The van der Waals surface area contributed by atoms with Gasteiger partial charge in [-0.1, -0.05) is 56.2 Å². The van der Waals surface area contributed by atoms with E-state index in [2.05, 4.69) is 6.92 Å². The molecular formula is C22H31NO2. The minimum atomic E-state index is -0.607. The summed E-state index contributed by atoms with van der Waals surface area (Å²) in [4.78, 5) is 15.4. The standard InChI is InChI=1S/C22H31NO2/c1-6-7-12-20(24)19-14-13-17-10-8-9-11-18(17)21(19)22(25)23(15(2)3)16(4)5/h8-11,13-16,20,24H,6-7,12H2,1-5H3/t20-/m0/s1. The second-order valence-electron chi connectivity index (χ2n) is 7.31. The van der Waals surface area contributed by atoms with E-state index in [4.69, 9.17) is 0 Å². The van der Waals surface area contributed by atoms with Crippen LogP contribution in [-0.2, 0) is 0 Å². The van der Waals surface area contributed by atoms with Crippen LogP contribution in [-0.4, -0.2) is 28.0 Å². The molecule has 3 nitrogen and oxygen atoms in total. The Bertz CT molecular complexity index is 713.